The van der Waals surface area contributed by atoms with Crippen molar-refractivity contribution in [2.45, 2.75) is 32.2 Å². The average Bonchev–Trinajstić information content (AvgIpc) is 2.74. The highest BCUT2D eigenvalue weighted by molar-refractivity contribution is 7.71. The van der Waals surface area contributed by atoms with Crippen LogP contribution in [0, 0.1) is 4.77 Å². The van der Waals surface area contributed by atoms with Gasteiger partial charge in [-0.15, -0.1) is 17.9 Å². The number of thiophene rings is 1. The van der Waals surface area contributed by atoms with E-state index in [-0.39, 0.29) is 5.56 Å². The summed E-state index contributed by atoms with van der Waals surface area (Å²) >= 11 is 6.90. The zero-order valence-electron chi connectivity index (χ0n) is 9.99. The minimum Gasteiger partial charge on any atom is -0.331 e. The van der Waals surface area contributed by atoms with E-state index < -0.39 is 0 Å². The monoisotopic (exact) mass is 278 g/mol. The molecule has 94 valence electrons. The first-order valence-corrected chi connectivity index (χ1v) is 7.33. The molecule has 0 saturated heterocycles. The topological polar surface area (TPSA) is 37.8 Å². The Morgan fingerprint density at radius 3 is 3.00 bits per heavy atom. The molecule has 0 radical (unpaired) electrons. The molecule has 0 spiro atoms. The first kappa shape index (κ1) is 11.9. The maximum Gasteiger partial charge on any atom is 0.272 e. The lowest BCUT2D eigenvalue weighted by molar-refractivity contribution is 0.698. The first-order valence-electron chi connectivity index (χ1n) is 6.10. The minimum atomic E-state index is 0.0213. The Morgan fingerprint density at radius 2 is 2.22 bits per heavy atom. The van der Waals surface area contributed by atoms with E-state index in [0.29, 0.717) is 11.3 Å². The number of aromatic amines is 1. The summed E-state index contributed by atoms with van der Waals surface area (Å²) < 4.78 is 2.89. The van der Waals surface area contributed by atoms with Gasteiger partial charge in [0, 0.05) is 11.4 Å². The molecule has 0 aromatic carbocycles. The number of H-pyrrole nitrogens is 1. The number of aryl methyl sites for hydroxylation is 2. The van der Waals surface area contributed by atoms with Gasteiger partial charge in [0.2, 0.25) is 0 Å². The second-order valence-electron chi connectivity index (χ2n) is 4.55. The van der Waals surface area contributed by atoms with Crippen LogP contribution in [-0.4, -0.2) is 9.55 Å². The van der Waals surface area contributed by atoms with Gasteiger partial charge in [-0.2, -0.15) is 0 Å². The lowest BCUT2D eigenvalue weighted by atomic mass is 9.98. The molecular weight excluding hydrogens is 264 g/mol. The van der Waals surface area contributed by atoms with E-state index >= 15 is 0 Å². The fourth-order valence-electron chi connectivity index (χ4n) is 2.53. The molecule has 2 aromatic heterocycles. The third kappa shape index (κ3) is 1.69. The van der Waals surface area contributed by atoms with Crippen LogP contribution in [0.4, 0.5) is 0 Å². The van der Waals surface area contributed by atoms with Crippen molar-refractivity contribution in [2.75, 3.05) is 0 Å². The number of rotatable bonds is 2. The molecule has 3 rings (SSSR count). The number of hydrogen-bond acceptors (Lipinski definition) is 3. The van der Waals surface area contributed by atoms with Crippen LogP contribution >= 0.6 is 23.6 Å². The van der Waals surface area contributed by atoms with Crippen molar-refractivity contribution in [3.05, 3.63) is 38.2 Å². The zero-order valence-corrected chi connectivity index (χ0v) is 11.6. The number of fused-ring (bicyclic) bond motifs is 3. The molecule has 1 aliphatic carbocycles. The molecular formula is C13H14N2OS2. The van der Waals surface area contributed by atoms with Crippen molar-refractivity contribution >= 4 is 33.8 Å². The van der Waals surface area contributed by atoms with Gasteiger partial charge >= 0.3 is 0 Å². The molecule has 0 unspecified atom stereocenters. The van der Waals surface area contributed by atoms with Gasteiger partial charge in [0.25, 0.3) is 5.56 Å². The Bertz CT molecular complexity index is 736. The minimum absolute atomic E-state index is 0.0213. The molecule has 0 aliphatic heterocycles. The van der Waals surface area contributed by atoms with Crippen molar-refractivity contribution in [3.8, 4) is 0 Å². The highest BCUT2D eigenvalue weighted by Gasteiger charge is 2.19. The molecule has 5 heteroatoms. The number of hydrogen-bond donors (Lipinski definition) is 1. The predicted molar refractivity (Wildman–Crippen MR) is 78.1 cm³/mol. The van der Waals surface area contributed by atoms with Gasteiger partial charge in [0.05, 0.1) is 5.52 Å². The fourth-order valence-corrected chi connectivity index (χ4v) is 4.09. The van der Waals surface area contributed by atoms with Gasteiger partial charge in [-0.05, 0) is 43.5 Å². The summed E-state index contributed by atoms with van der Waals surface area (Å²) in [5.41, 5.74) is 2.31. The Labute approximate surface area is 114 Å². The lowest BCUT2D eigenvalue weighted by Gasteiger charge is -2.10. The Morgan fingerprint density at radius 1 is 1.44 bits per heavy atom. The van der Waals surface area contributed by atoms with Crippen LogP contribution in [0.5, 0.6) is 0 Å². The maximum absolute atomic E-state index is 12.4. The van der Waals surface area contributed by atoms with E-state index in [4.69, 9.17) is 12.2 Å². The standard InChI is InChI=1S/C13H14N2OS2/c1-2-7-15-12(16)11-10(14-13(15)17)8-5-3-4-6-9(8)18-11/h2H,1,3-7H2,(H,14,17). The van der Waals surface area contributed by atoms with E-state index in [1.165, 1.54) is 23.3 Å². The molecule has 0 fully saturated rings. The summed E-state index contributed by atoms with van der Waals surface area (Å²) in [5, 5.41) is 0. The fraction of sp³-hybridized carbons (Fsp3) is 0.385. The molecule has 0 saturated carbocycles. The van der Waals surface area contributed by atoms with Crippen LogP contribution in [0.2, 0.25) is 0 Å². The van der Waals surface area contributed by atoms with E-state index in [0.717, 1.165) is 23.1 Å². The summed E-state index contributed by atoms with van der Waals surface area (Å²) in [4.78, 5) is 17.0. The van der Waals surface area contributed by atoms with Gasteiger partial charge in [-0.1, -0.05) is 6.08 Å². The van der Waals surface area contributed by atoms with Crippen LogP contribution in [0.3, 0.4) is 0 Å². The smallest absolute Gasteiger partial charge is 0.272 e. The summed E-state index contributed by atoms with van der Waals surface area (Å²) in [5.74, 6) is 0. The number of nitrogens with one attached hydrogen (secondary N) is 1. The summed E-state index contributed by atoms with van der Waals surface area (Å²) in [6, 6.07) is 0. The molecule has 1 N–H and O–H groups in total. The normalized spacial score (nSPS) is 14.7. The summed E-state index contributed by atoms with van der Waals surface area (Å²) in [7, 11) is 0. The van der Waals surface area contributed by atoms with Crippen molar-refractivity contribution in [3.63, 3.8) is 0 Å². The van der Waals surface area contributed by atoms with E-state index in [9.17, 15) is 4.79 Å². The Balaban J connectivity index is 2.37. The largest absolute Gasteiger partial charge is 0.331 e. The molecule has 0 bridgehead atoms. The predicted octanol–water partition coefficient (Wildman–Crippen LogP) is 3.19. The van der Waals surface area contributed by atoms with Crippen molar-refractivity contribution in [1.82, 2.24) is 9.55 Å². The Hall–Kier alpha value is -1.20. The van der Waals surface area contributed by atoms with E-state index in [1.807, 2.05) is 0 Å². The average molecular weight is 278 g/mol. The Kier molecular flexibility index (Phi) is 2.95. The molecule has 0 atom stereocenters. The van der Waals surface area contributed by atoms with Gasteiger partial charge in [0.1, 0.15) is 4.70 Å². The quantitative estimate of drug-likeness (QED) is 0.677. The molecule has 18 heavy (non-hydrogen) atoms. The van der Waals surface area contributed by atoms with Crippen LogP contribution in [0.15, 0.2) is 17.4 Å². The maximum atomic E-state index is 12.4. The van der Waals surface area contributed by atoms with Gasteiger partial charge in [0.15, 0.2) is 4.77 Å². The van der Waals surface area contributed by atoms with Gasteiger partial charge in [-0.3, -0.25) is 9.36 Å². The second kappa shape index (κ2) is 4.48. The van der Waals surface area contributed by atoms with Crippen molar-refractivity contribution in [2.24, 2.45) is 0 Å². The van der Waals surface area contributed by atoms with Crippen molar-refractivity contribution < 1.29 is 0 Å². The van der Waals surface area contributed by atoms with Crippen molar-refractivity contribution in [1.29, 1.82) is 0 Å². The SMILES string of the molecule is C=CCn1c(=S)[nH]c2c3c(sc2c1=O)CCCC3. The molecule has 2 heterocycles. The second-order valence-corrected chi connectivity index (χ2v) is 6.04. The van der Waals surface area contributed by atoms with Crippen LogP contribution in [0.25, 0.3) is 10.2 Å². The molecule has 3 nitrogen and oxygen atoms in total. The van der Waals surface area contributed by atoms with E-state index in [1.54, 1.807) is 22.0 Å². The zero-order chi connectivity index (χ0) is 12.7. The molecule has 1 aliphatic rings. The van der Waals surface area contributed by atoms with Crippen LogP contribution in [0.1, 0.15) is 23.3 Å². The van der Waals surface area contributed by atoms with E-state index in [2.05, 4.69) is 11.6 Å². The van der Waals surface area contributed by atoms with Crippen LogP contribution in [-0.2, 0) is 19.4 Å². The first-order chi connectivity index (χ1) is 8.72. The summed E-state index contributed by atoms with van der Waals surface area (Å²) in [6.45, 7) is 4.13. The highest BCUT2D eigenvalue weighted by atomic mass is 32.1. The lowest BCUT2D eigenvalue weighted by Crippen LogP contribution is -2.20. The van der Waals surface area contributed by atoms with Gasteiger partial charge < -0.3 is 4.98 Å². The molecule has 0 amide bonds. The summed E-state index contributed by atoms with van der Waals surface area (Å²) in [6.07, 6.45) is 6.28. The highest BCUT2D eigenvalue weighted by Crippen LogP contribution is 2.33. The number of aromatic nitrogens is 2. The van der Waals surface area contributed by atoms with Gasteiger partial charge in [-0.25, -0.2) is 0 Å². The third-order valence-corrected chi connectivity index (χ3v) is 5.00. The van der Waals surface area contributed by atoms with Crippen LogP contribution < -0.4 is 5.56 Å². The number of allylic oxidation sites excluding steroid dienone is 1. The number of nitrogens with zero attached hydrogens (tertiary/aromatic N) is 1. The third-order valence-electron chi connectivity index (χ3n) is 3.40. The molecule has 2 aromatic rings.